The van der Waals surface area contributed by atoms with E-state index in [1.54, 1.807) is 7.11 Å². The molecule has 0 saturated carbocycles. The molecular weight excluding hydrogens is 152 g/mol. The molecule has 0 unspecified atom stereocenters. The summed E-state index contributed by atoms with van der Waals surface area (Å²) < 4.78 is 5.02. The van der Waals surface area contributed by atoms with Gasteiger partial charge >= 0.3 is 0 Å². The zero-order chi connectivity index (χ0) is 8.97. The standard InChI is InChI=1S/C9H16N2O/c1-7-6-9(4-5-12-3)8(2)11-10-7/h6,10-11H,4-5H2,1-3H3. The zero-order valence-electron chi connectivity index (χ0n) is 7.90. The molecule has 1 aliphatic heterocycles. The summed E-state index contributed by atoms with van der Waals surface area (Å²) in [6.45, 7) is 4.87. The Hall–Kier alpha value is -0.960. The predicted molar refractivity (Wildman–Crippen MR) is 49.2 cm³/mol. The molecule has 0 saturated heterocycles. The van der Waals surface area contributed by atoms with Crippen molar-refractivity contribution in [2.45, 2.75) is 20.3 Å². The minimum Gasteiger partial charge on any atom is -0.384 e. The molecule has 0 bridgehead atoms. The lowest BCUT2D eigenvalue weighted by atomic mass is 10.1. The van der Waals surface area contributed by atoms with Crippen LogP contribution in [0.2, 0.25) is 0 Å². The average Bonchev–Trinajstić information content (AvgIpc) is 2.07. The maximum Gasteiger partial charge on any atom is 0.0503 e. The third-order valence-electron chi connectivity index (χ3n) is 1.90. The Labute approximate surface area is 73.5 Å². The highest BCUT2D eigenvalue weighted by atomic mass is 16.5. The number of rotatable bonds is 3. The lowest BCUT2D eigenvalue weighted by Gasteiger charge is -2.19. The van der Waals surface area contributed by atoms with Crippen molar-refractivity contribution in [2.24, 2.45) is 0 Å². The number of hydrazine groups is 1. The fraction of sp³-hybridized carbons (Fsp3) is 0.556. The smallest absolute Gasteiger partial charge is 0.0503 e. The summed E-state index contributed by atoms with van der Waals surface area (Å²) in [5.41, 5.74) is 9.78. The van der Waals surface area contributed by atoms with Gasteiger partial charge in [0, 0.05) is 18.5 Å². The molecule has 1 rings (SSSR count). The van der Waals surface area contributed by atoms with E-state index >= 15 is 0 Å². The largest absolute Gasteiger partial charge is 0.384 e. The highest BCUT2D eigenvalue weighted by Crippen LogP contribution is 2.12. The Morgan fingerprint density at radius 1 is 1.33 bits per heavy atom. The number of ether oxygens (including phenoxy) is 1. The van der Waals surface area contributed by atoms with Gasteiger partial charge in [-0.15, -0.1) is 0 Å². The van der Waals surface area contributed by atoms with Crippen molar-refractivity contribution in [1.82, 2.24) is 10.9 Å². The first-order valence-corrected chi connectivity index (χ1v) is 4.13. The summed E-state index contributed by atoms with van der Waals surface area (Å²) in [7, 11) is 1.72. The second-order valence-electron chi connectivity index (χ2n) is 2.97. The number of allylic oxidation sites excluding steroid dienone is 3. The van der Waals surface area contributed by atoms with Crippen LogP contribution in [0.15, 0.2) is 23.0 Å². The molecule has 0 aromatic heterocycles. The summed E-state index contributed by atoms with van der Waals surface area (Å²) in [5, 5.41) is 0. The Balaban J connectivity index is 2.59. The van der Waals surface area contributed by atoms with Crippen LogP contribution < -0.4 is 10.9 Å². The third-order valence-corrected chi connectivity index (χ3v) is 1.90. The van der Waals surface area contributed by atoms with Gasteiger partial charge in [-0.3, -0.25) is 0 Å². The molecule has 3 heteroatoms. The third kappa shape index (κ3) is 2.27. The first kappa shape index (κ1) is 9.13. The molecule has 0 aromatic carbocycles. The minimum absolute atomic E-state index is 0.776. The van der Waals surface area contributed by atoms with Gasteiger partial charge in [0.15, 0.2) is 0 Å². The summed E-state index contributed by atoms with van der Waals surface area (Å²) >= 11 is 0. The molecule has 0 aromatic rings. The highest BCUT2D eigenvalue weighted by Gasteiger charge is 2.05. The molecule has 1 heterocycles. The van der Waals surface area contributed by atoms with Crippen LogP contribution in [-0.2, 0) is 4.74 Å². The van der Waals surface area contributed by atoms with Crippen molar-refractivity contribution < 1.29 is 4.74 Å². The summed E-state index contributed by atoms with van der Waals surface area (Å²) in [5.74, 6) is 0. The van der Waals surface area contributed by atoms with E-state index in [1.165, 1.54) is 11.3 Å². The van der Waals surface area contributed by atoms with Gasteiger partial charge in [-0.1, -0.05) is 0 Å². The van der Waals surface area contributed by atoms with Gasteiger partial charge in [0.25, 0.3) is 0 Å². The van der Waals surface area contributed by atoms with Gasteiger partial charge in [0.05, 0.1) is 6.61 Å². The van der Waals surface area contributed by atoms with Crippen molar-refractivity contribution >= 4 is 0 Å². The molecule has 3 nitrogen and oxygen atoms in total. The summed E-state index contributed by atoms with van der Waals surface area (Å²) in [6, 6.07) is 0. The SMILES string of the molecule is COCCC1=C(C)NNC(C)=C1. The Bertz CT molecular complexity index is 219. The van der Waals surface area contributed by atoms with Crippen molar-refractivity contribution in [2.75, 3.05) is 13.7 Å². The fourth-order valence-corrected chi connectivity index (χ4v) is 1.15. The maximum atomic E-state index is 5.02. The molecule has 2 N–H and O–H groups in total. The van der Waals surface area contributed by atoms with Gasteiger partial charge in [0.2, 0.25) is 0 Å². The van der Waals surface area contributed by atoms with E-state index in [1.807, 2.05) is 6.92 Å². The highest BCUT2D eigenvalue weighted by molar-refractivity contribution is 5.29. The van der Waals surface area contributed by atoms with Gasteiger partial charge in [-0.05, 0) is 31.9 Å². The van der Waals surface area contributed by atoms with Crippen LogP contribution in [0.1, 0.15) is 20.3 Å². The van der Waals surface area contributed by atoms with Crippen molar-refractivity contribution in [3.63, 3.8) is 0 Å². The van der Waals surface area contributed by atoms with Crippen molar-refractivity contribution in [1.29, 1.82) is 0 Å². The second kappa shape index (κ2) is 4.16. The first-order chi connectivity index (χ1) is 5.74. The van der Waals surface area contributed by atoms with E-state index in [4.69, 9.17) is 4.74 Å². The lowest BCUT2D eigenvalue weighted by molar-refractivity contribution is 0.202. The van der Waals surface area contributed by atoms with E-state index in [-0.39, 0.29) is 0 Å². The molecule has 12 heavy (non-hydrogen) atoms. The summed E-state index contributed by atoms with van der Waals surface area (Å²) in [6.07, 6.45) is 3.11. The van der Waals surface area contributed by atoms with Gasteiger partial charge in [0.1, 0.15) is 0 Å². The number of nitrogens with one attached hydrogen (secondary N) is 2. The molecule has 1 aliphatic rings. The van der Waals surface area contributed by atoms with Crippen LogP contribution in [0.3, 0.4) is 0 Å². The van der Waals surface area contributed by atoms with Gasteiger partial charge in [-0.2, -0.15) is 0 Å². The Kier molecular flexibility index (Phi) is 3.17. The van der Waals surface area contributed by atoms with E-state index in [0.29, 0.717) is 0 Å². The minimum atomic E-state index is 0.776. The van der Waals surface area contributed by atoms with E-state index in [0.717, 1.165) is 18.7 Å². The van der Waals surface area contributed by atoms with Crippen LogP contribution in [0.4, 0.5) is 0 Å². The molecule has 0 atom stereocenters. The molecule has 0 fully saturated rings. The van der Waals surface area contributed by atoms with E-state index in [9.17, 15) is 0 Å². The van der Waals surface area contributed by atoms with Crippen LogP contribution in [-0.4, -0.2) is 13.7 Å². The monoisotopic (exact) mass is 168 g/mol. The molecule has 0 amide bonds. The normalized spacial score (nSPS) is 16.8. The maximum absolute atomic E-state index is 5.02. The van der Waals surface area contributed by atoms with Crippen LogP contribution >= 0.6 is 0 Å². The van der Waals surface area contributed by atoms with Crippen molar-refractivity contribution in [3.05, 3.63) is 23.0 Å². The Morgan fingerprint density at radius 2 is 2.08 bits per heavy atom. The van der Waals surface area contributed by atoms with Crippen LogP contribution in [0.25, 0.3) is 0 Å². The van der Waals surface area contributed by atoms with E-state index < -0.39 is 0 Å². The van der Waals surface area contributed by atoms with Crippen LogP contribution in [0.5, 0.6) is 0 Å². The van der Waals surface area contributed by atoms with Gasteiger partial charge in [-0.25, -0.2) is 0 Å². The number of hydrogen-bond acceptors (Lipinski definition) is 3. The second-order valence-corrected chi connectivity index (χ2v) is 2.97. The quantitative estimate of drug-likeness (QED) is 0.666. The average molecular weight is 168 g/mol. The van der Waals surface area contributed by atoms with Crippen LogP contribution in [0, 0.1) is 0 Å². The van der Waals surface area contributed by atoms with Crippen molar-refractivity contribution in [3.8, 4) is 0 Å². The fourth-order valence-electron chi connectivity index (χ4n) is 1.15. The first-order valence-electron chi connectivity index (χ1n) is 4.13. The molecule has 0 radical (unpaired) electrons. The predicted octanol–water partition coefficient (Wildman–Crippen LogP) is 1.31. The molecule has 0 aliphatic carbocycles. The lowest BCUT2D eigenvalue weighted by Crippen LogP contribution is -2.32. The Morgan fingerprint density at radius 3 is 2.75 bits per heavy atom. The molecule has 68 valence electrons. The van der Waals surface area contributed by atoms with Gasteiger partial charge < -0.3 is 15.6 Å². The number of hydrogen-bond donors (Lipinski definition) is 2. The zero-order valence-corrected chi connectivity index (χ0v) is 7.90. The summed E-state index contributed by atoms with van der Waals surface area (Å²) in [4.78, 5) is 0. The molecule has 0 spiro atoms. The molecular formula is C9H16N2O. The number of methoxy groups -OCH3 is 1. The van der Waals surface area contributed by atoms with E-state index in [2.05, 4.69) is 23.9 Å². The topological polar surface area (TPSA) is 33.3 Å².